The maximum absolute atomic E-state index is 3.38. The van der Waals surface area contributed by atoms with Crippen molar-refractivity contribution in [2.24, 2.45) is 0 Å². The Bertz CT molecular complexity index is 228. The summed E-state index contributed by atoms with van der Waals surface area (Å²) in [4.78, 5) is 0. The summed E-state index contributed by atoms with van der Waals surface area (Å²) in [6, 6.07) is 10.4. The summed E-state index contributed by atoms with van der Waals surface area (Å²) in [6.45, 7) is 2.92. The van der Waals surface area contributed by atoms with Crippen molar-refractivity contribution in [3.8, 4) is 0 Å². The van der Waals surface area contributed by atoms with Crippen LogP contribution in [0.2, 0.25) is 0 Å². The van der Waals surface area contributed by atoms with E-state index in [0.29, 0.717) is 0 Å². The quantitative estimate of drug-likeness (QED) is 0.342. The van der Waals surface area contributed by atoms with Crippen molar-refractivity contribution in [3.05, 3.63) is 35.9 Å². The molecule has 0 unspecified atom stereocenters. The molecule has 0 amide bonds. The first-order valence-corrected chi connectivity index (χ1v) is 5.32. The highest BCUT2D eigenvalue weighted by Gasteiger charge is 1.90. The minimum absolute atomic E-state index is 0.947. The molecule has 3 nitrogen and oxygen atoms in total. The van der Waals surface area contributed by atoms with Gasteiger partial charge in [0, 0.05) is 13.1 Å². The monoisotopic (exact) mass is 206 g/mol. The summed E-state index contributed by atoms with van der Waals surface area (Å²) in [5.74, 6) is 0. The number of hydrogen-bond donors (Lipinski definition) is 3. The molecule has 0 spiro atoms. The van der Waals surface area contributed by atoms with E-state index in [2.05, 4.69) is 50.5 Å². The molecule has 1 rings (SSSR count). The average Bonchev–Trinajstić information content (AvgIpc) is 2.25. The van der Waals surface area contributed by atoms with Crippen molar-refractivity contribution >= 4 is 10.4 Å². The van der Waals surface area contributed by atoms with E-state index in [-0.39, 0.29) is 0 Å². The summed E-state index contributed by atoms with van der Waals surface area (Å²) < 4.78 is 0. The maximum Gasteiger partial charge on any atom is 0.161 e. The highest BCUT2D eigenvalue weighted by molar-refractivity contribution is 6.03. The molecule has 0 fully saturated rings. The molecule has 3 radical (unpaired) electrons. The largest absolute Gasteiger partial charge is 0.313 e. The molecule has 3 N–H and O–H groups in total. The molecular formula is C10H16N3Si. The van der Waals surface area contributed by atoms with Crippen LogP contribution in [0.15, 0.2) is 30.3 Å². The van der Waals surface area contributed by atoms with E-state index in [1.807, 2.05) is 6.07 Å². The Labute approximate surface area is 88.8 Å². The minimum Gasteiger partial charge on any atom is -0.313 e. The average molecular weight is 206 g/mol. The molecular weight excluding hydrogens is 190 g/mol. The van der Waals surface area contributed by atoms with Crippen LogP contribution in [-0.4, -0.2) is 23.5 Å². The summed E-state index contributed by atoms with van der Waals surface area (Å²) in [7, 11) is 3.12. The number of benzene rings is 1. The normalized spacial score (nSPS) is 10.4. The zero-order valence-corrected chi connectivity index (χ0v) is 9.22. The first-order valence-electron chi connectivity index (χ1n) is 4.82. The van der Waals surface area contributed by atoms with Crippen LogP contribution in [0.1, 0.15) is 12.0 Å². The van der Waals surface area contributed by atoms with Crippen molar-refractivity contribution in [1.29, 1.82) is 0 Å². The van der Waals surface area contributed by atoms with E-state index in [4.69, 9.17) is 0 Å². The van der Waals surface area contributed by atoms with Crippen molar-refractivity contribution < 1.29 is 0 Å². The first-order chi connectivity index (χ1) is 6.93. The summed E-state index contributed by atoms with van der Waals surface area (Å²) in [5, 5.41) is 6.08. The van der Waals surface area contributed by atoms with Crippen molar-refractivity contribution in [2.45, 2.75) is 13.0 Å². The van der Waals surface area contributed by atoms with E-state index < -0.39 is 0 Å². The third kappa shape index (κ3) is 5.13. The fourth-order valence-corrected chi connectivity index (χ4v) is 1.32. The molecule has 75 valence electrons. The second-order valence-corrected chi connectivity index (χ2v) is 3.32. The van der Waals surface area contributed by atoms with Gasteiger partial charge in [0.05, 0.1) is 0 Å². The third-order valence-corrected chi connectivity index (χ3v) is 2.09. The van der Waals surface area contributed by atoms with Crippen LogP contribution < -0.4 is 15.8 Å². The topological polar surface area (TPSA) is 36.1 Å². The highest BCUT2D eigenvalue weighted by atomic mass is 28.2. The summed E-state index contributed by atoms with van der Waals surface area (Å²) in [5.41, 5.74) is 4.30. The van der Waals surface area contributed by atoms with Crippen LogP contribution in [0.25, 0.3) is 0 Å². The Morgan fingerprint density at radius 3 is 2.57 bits per heavy atom. The molecule has 0 saturated carbocycles. The molecule has 0 aliphatic heterocycles. The van der Waals surface area contributed by atoms with Crippen molar-refractivity contribution in [1.82, 2.24) is 15.8 Å². The predicted octanol–water partition coefficient (Wildman–Crippen LogP) is 0.344. The Morgan fingerprint density at radius 1 is 1.07 bits per heavy atom. The molecule has 4 heteroatoms. The fraction of sp³-hybridized carbons (Fsp3) is 0.400. The van der Waals surface area contributed by atoms with Gasteiger partial charge in [0.1, 0.15) is 0 Å². The van der Waals surface area contributed by atoms with E-state index >= 15 is 0 Å². The maximum atomic E-state index is 3.38. The van der Waals surface area contributed by atoms with E-state index in [0.717, 1.165) is 26.1 Å². The number of rotatable bonds is 7. The Balaban J connectivity index is 1.99. The van der Waals surface area contributed by atoms with E-state index in [9.17, 15) is 0 Å². The molecule has 0 saturated heterocycles. The standard InChI is InChI=1S/C10H16N3Si/c14-13-12-8-4-7-11-9-10-5-2-1-3-6-10/h1-3,5-6,11-13H,4,7-9H2. The smallest absolute Gasteiger partial charge is 0.161 e. The summed E-state index contributed by atoms with van der Waals surface area (Å²) >= 11 is 0. The fourth-order valence-electron chi connectivity index (χ4n) is 1.19. The van der Waals surface area contributed by atoms with Gasteiger partial charge in [0.15, 0.2) is 10.4 Å². The van der Waals surface area contributed by atoms with Gasteiger partial charge in [-0.15, -0.1) is 0 Å². The molecule has 0 heterocycles. The lowest BCUT2D eigenvalue weighted by Crippen LogP contribution is -2.31. The van der Waals surface area contributed by atoms with Crippen LogP contribution in [0.4, 0.5) is 0 Å². The molecule has 0 aromatic heterocycles. The van der Waals surface area contributed by atoms with Gasteiger partial charge in [-0.2, -0.15) is 0 Å². The van der Waals surface area contributed by atoms with Gasteiger partial charge < -0.3 is 5.32 Å². The van der Waals surface area contributed by atoms with Gasteiger partial charge in [0.25, 0.3) is 0 Å². The third-order valence-electron chi connectivity index (χ3n) is 1.92. The Kier molecular flexibility index (Phi) is 6.26. The van der Waals surface area contributed by atoms with E-state index in [1.54, 1.807) is 0 Å². The van der Waals surface area contributed by atoms with Crippen LogP contribution in [0, 0.1) is 0 Å². The number of nitrogens with one attached hydrogen (secondary N) is 3. The molecule has 0 bridgehead atoms. The lowest BCUT2D eigenvalue weighted by atomic mass is 10.2. The second-order valence-electron chi connectivity index (χ2n) is 3.07. The molecule has 0 atom stereocenters. The zero-order chi connectivity index (χ0) is 10.1. The van der Waals surface area contributed by atoms with Crippen LogP contribution in [0.3, 0.4) is 0 Å². The molecule has 0 aliphatic carbocycles. The van der Waals surface area contributed by atoms with Crippen LogP contribution >= 0.6 is 0 Å². The SMILES string of the molecule is [Si]NNCCCNCc1ccccc1. The van der Waals surface area contributed by atoms with Crippen molar-refractivity contribution in [3.63, 3.8) is 0 Å². The first kappa shape index (κ1) is 11.4. The van der Waals surface area contributed by atoms with Crippen LogP contribution in [0.5, 0.6) is 0 Å². The van der Waals surface area contributed by atoms with Gasteiger partial charge in [0.2, 0.25) is 0 Å². The molecule has 14 heavy (non-hydrogen) atoms. The van der Waals surface area contributed by atoms with Gasteiger partial charge in [-0.1, -0.05) is 30.3 Å². The van der Waals surface area contributed by atoms with Crippen LogP contribution in [-0.2, 0) is 6.54 Å². The summed E-state index contributed by atoms with van der Waals surface area (Å²) in [6.07, 6.45) is 1.10. The molecule has 1 aromatic carbocycles. The number of hydrazine groups is 1. The number of hydrogen-bond acceptors (Lipinski definition) is 3. The predicted molar refractivity (Wildman–Crippen MR) is 59.7 cm³/mol. The zero-order valence-electron chi connectivity index (χ0n) is 8.22. The molecule has 0 aliphatic rings. The minimum atomic E-state index is 0.947. The Hall–Kier alpha value is -0.683. The van der Waals surface area contributed by atoms with Gasteiger partial charge >= 0.3 is 0 Å². The lowest BCUT2D eigenvalue weighted by Gasteiger charge is -2.05. The van der Waals surface area contributed by atoms with Gasteiger partial charge in [-0.05, 0) is 18.5 Å². The second kappa shape index (κ2) is 7.70. The Morgan fingerprint density at radius 2 is 1.86 bits per heavy atom. The molecule has 1 aromatic rings. The van der Waals surface area contributed by atoms with Crippen molar-refractivity contribution in [2.75, 3.05) is 13.1 Å². The van der Waals surface area contributed by atoms with E-state index in [1.165, 1.54) is 5.56 Å². The lowest BCUT2D eigenvalue weighted by molar-refractivity contribution is 0.587. The van der Waals surface area contributed by atoms with Gasteiger partial charge in [-0.3, -0.25) is 10.5 Å². The van der Waals surface area contributed by atoms with Gasteiger partial charge in [-0.25, -0.2) is 0 Å². The highest BCUT2D eigenvalue weighted by Crippen LogP contribution is 1.96.